The summed E-state index contributed by atoms with van der Waals surface area (Å²) in [5.41, 5.74) is 5.73. The number of halogens is 3. The van der Waals surface area contributed by atoms with Gasteiger partial charge in [-0.25, -0.2) is 13.1 Å². The van der Waals surface area contributed by atoms with Crippen LogP contribution >= 0.6 is 50.5 Å². The minimum Gasteiger partial charge on any atom is -0.398 e. The molecular weight excluding hydrogens is 419 g/mol. The Morgan fingerprint density at radius 3 is 2.57 bits per heavy atom. The topological polar surface area (TPSA) is 72.2 Å². The van der Waals surface area contributed by atoms with Gasteiger partial charge in [0.25, 0.3) is 0 Å². The maximum atomic E-state index is 12.3. The van der Waals surface area contributed by atoms with E-state index in [-0.39, 0.29) is 22.2 Å². The molecule has 0 aliphatic carbocycles. The highest BCUT2D eigenvalue weighted by atomic mass is 79.9. The Balaban J connectivity index is 2.12. The molecule has 21 heavy (non-hydrogen) atoms. The molecule has 4 nitrogen and oxygen atoms in total. The first kappa shape index (κ1) is 17.1. The largest absolute Gasteiger partial charge is 0.398 e. The van der Waals surface area contributed by atoms with Gasteiger partial charge in [-0.05, 0) is 46.6 Å². The number of nitrogens with one attached hydrogen (secondary N) is 1. The lowest BCUT2D eigenvalue weighted by molar-refractivity contribution is 0.582. The summed E-state index contributed by atoms with van der Waals surface area (Å²) >= 11 is 16.6. The van der Waals surface area contributed by atoms with Crippen molar-refractivity contribution >= 4 is 66.2 Å². The molecule has 0 saturated carbocycles. The van der Waals surface area contributed by atoms with E-state index in [0.29, 0.717) is 11.4 Å². The molecule has 0 atom stereocenters. The van der Waals surface area contributed by atoms with Crippen LogP contribution in [0.15, 0.2) is 32.9 Å². The first-order valence-electron chi connectivity index (χ1n) is 5.78. The summed E-state index contributed by atoms with van der Waals surface area (Å²) < 4.78 is 28.0. The van der Waals surface area contributed by atoms with Crippen molar-refractivity contribution in [3.05, 3.63) is 43.0 Å². The number of nitrogen functional groups attached to an aromatic ring is 1. The minimum atomic E-state index is -3.77. The van der Waals surface area contributed by atoms with Crippen LogP contribution in [-0.2, 0) is 16.4 Å². The molecule has 0 aliphatic heterocycles. The fourth-order valence-electron chi connectivity index (χ4n) is 1.73. The fraction of sp³-hybridized carbons (Fsp3) is 0.167. The number of anilines is 1. The number of thiophene rings is 1. The quantitative estimate of drug-likeness (QED) is 0.707. The summed E-state index contributed by atoms with van der Waals surface area (Å²) in [6.07, 6.45) is 0.584. The van der Waals surface area contributed by atoms with Gasteiger partial charge < -0.3 is 5.73 Å². The molecule has 0 aliphatic rings. The minimum absolute atomic E-state index is 0.00590. The molecule has 3 N–H and O–H groups in total. The Hall–Kier alpha value is -0.310. The Morgan fingerprint density at radius 1 is 1.29 bits per heavy atom. The number of sulfonamides is 1. The van der Waals surface area contributed by atoms with Crippen molar-refractivity contribution in [3.8, 4) is 0 Å². The van der Waals surface area contributed by atoms with Gasteiger partial charge in [0.2, 0.25) is 10.0 Å². The van der Waals surface area contributed by atoms with Crippen molar-refractivity contribution in [1.82, 2.24) is 4.72 Å². The second kappa shape index (κ2) is 6.85. The number of rotatable bonds is 5. The lowest BCUT2D eigenvalue weighted by Gasteiger charge is -2.11. The molecule has 0 amide bonds. The summed E-state index contributed by atoms with van der Waals surface area (Å²) in [7, 11) is -3.77. The third-order valence-electron chi connectivity index (χ3n) is 2.60. The predicted molar refractivity (Wildman–Crippen MR) is 91.8 cm³/mol. The zero-order valence-corrected chi connectivity index (χ0v) is 15.3. The number of hydrogen-bond acceptors (Lipinski definition) is 4. The summed E-state index contributed by atoms with van der Waals surface area (Å²) in [6, 6.07) is 6.57. The molecule has 0 spiro atoms. The van der Waals surface area contributed by atoms with Crippen LogP contribution in [0.25, 0.3) is 0 Å². The molecule has 0 bridgehead atoms. The maximum absolute atomic E-state index is 12.3. The van der Waals surface area contributed by atoms with Crippen LogP contribution in [0.2, 0.25) is 10.0 Å². The zero-order chi connectivity index (χ0) is 15.6. The van der Waals surface area contributed by atoms with Crippen LogP contribution in [0.1, 0.15) is 4.88 Å². The molecule has 0 unspecified atom stereocenters. The van der Waals surface area contributed by atoms with Crippen LogP contribution < -0.4 is 10.5 Å². The fourth-order valence-corrected chi connectivity index (χ4v) is 5.23. The molecule has 2 rings (SSSR count). The number of nitrogens with two attached hydrogens (primary N) is 1. The van der Waals surface area contributed by atoms with E-state index in [2.05, 4.69) is 20.7 Å². The third-order valence-corrected chi connectivity index (χ3v) is 6.49. The second-order valence-corrected chi connectivity index (χ2v) is 9.25. The van der Waals surface area contributed by atoms with E-state index in [1.807, 2.05) is 12.1 Å². The van der Waals surface area contributed by atoms with Gasteiger partial charge in [-0.15, -0.1) is 11.3 Å². The van der Waals surface area contributed by atoms with Gasteiger partial charge in [0.15, 0.2) is 0 Å². The molecule has 1 aromatic heterocycles. The number of hydrogen-bond donors (Lipinski definition) is 2. The zero-order valence-electron chi connectivity index (χ0n) is 10.6. The second-order valence-electron chi connectivity index (χ2n) is 4.16. The van der Waals surface area contributed by atoms with E-state index in [9.17, 15) is 8.42 Å². The first-order valence-corrected chi connectivity index (χ1v) is 9.63. The predicted octanol–water partition coefficient (Wildman–Crippen LogP) is 3.92. The van der Waals surface area contributed by atoms with Gasteiger partial charge in [-0.1, -0.05) is 23.2 Å². The van der Waals surface area contributed by atoms with Crippen molar-refractivity contribution in [1.29, 1.82) is 0 Å². The molecule has 1 heterocycles. The smallest absolute Gasteiger partial charge is 0.244 e. The van der Waals surface area contributed by atoms with Gasteiger partial charge >= 0.3 is 0 Å². The highest BCUT2D eigenvalue weighted by Crippen LogP contribution is 2.31. The molecule has 9 heteroatoms. The highest BCUT2D eigenvalue weighted by Gasteiger charge is 2.21. The monoisotopic (exact) mass is 428 g/mol. The van der Waals surface area contributed by atoms with E-state index in [1.165, 1.54) is 12.1 Å². The van der Waals surface area contributed by atoms with Crippen molar-refractivity contribution < 1.29 is 8.42 Å². The van der Waals surface area contributed by atoms with E-state index in [0.717, 1.165) is 8.66 Å². The average molecular weight is 430 g/mol. The van der Waals surface area contributed by atoms with Crippen molar-refractivity contribution in [3.63, 3.8) is 0 Å². The van der Waals surface area contributed by atoms with Gasteiger partial charge in [-0.2, -0.15) is 0 Å². The van der Waals surface area contributed by atoms with Crippen LogP contribution in [0.4, 0.5) is 5.69 Å². The lowest BCUT2D eigenvalue weighted by Crippen LogP contribution is -2.27. The Morgan fingerprint density at radius 2 is 2.00 bits per heavy atom. The summed E-state index contributed by atoms with van der Waals surface area (Å²) in [5.74, 6) is 0. The summed E-state index contributed by atoms with van der Waals surface area (Å²) in [4.78, 5) is 0.931. The molecule has 2 aromatic rings. The Kier molecular flexibility index (Phi) is 5.56. The molecule has 114 valence electrons. The Bertz CT molecular complexity index is 739. The van der Waals surface area contributed by atoms with Gasteiger partial charge in [-0.3, -0.25) is 0 Å². The molecular formula is C12H11BrCl2N2O2S2. The molecule has 0 fully saturated rings. The standard InChI is InChI=1S/C12H11BrCl2N2O2S2/c13-11-2-1-8(20-11)3-4-17-21(18,19)12-9(15)5-7(14)6-10(12)16/h1-2,5-6,17H,3-4,16H2. The van der Waals surface area contributed by atoms with Gasteiger partial charge in [0.1, 0.15) is 4.90 Å². The Labute approximate surface area is 145 Å². The van der Waals surface area contributed by atoms with E-state index >= 15 is 0 Å². The van der Waals surface area contributed by atoms with Crippen LogP contribution in [0, 0.1) is 0 Å². The molecule has 0 saturated heterocycles. The van der Waals surface area contributed by atoms with E-state index in [4.69, 9.17) is 28.9 Å². The van der Waals surface area contributed by atoms with Crippen LogP contribution in [0.5, 0.6) is 0 Å². The maximum Gasteiger partial charge on any atom is 0.244 e. The SMILES string of the molecule is Nc1cc(Cl)cc(Cl)c1S(=O)(=O)NCCc1ccc(Br)s1. The van der Waals surface area contributed by atoms with E-state index in [1.54, 1.807) is 11.3 Å². The van der Waals surface area contributed by atoms with Crippen molar-refractivity contribution in [2.45, 2.75) is 11.3 Å². The van der Waals surface area contributed by atoms with Gasteiger partial charge in [0, 0.05) is 16.4 Å². The average Bonchev–Trinajstić information content (AvgIpc) is 2.72. The highest BCUT2D eigenvalue weighted by molar-refractivity contribution is 9.11. The number of benzene rings is 1. The van der Waals surface area contributed by atoms with Crippen molar-refractivity contribution in [2.75, 3.05) is 12.3 Å². The normalized spacial score (nSPS) is 11.8. The van der Waals surface area contributed by atoms with Gasteiger partial charge in [0.05, 0.1) is 14.5 Å². The third kappa shape index (κ3) is 4.34. The van der Waals surface area contributed by atoms with Crippen LogP contribution in [0.3, 0.4) is 0 Å². The summed E-state index contributed by atoms with van der Waals surface area (Å²) in [5, 5.41) is 0.297. The molecule has 0 radical (unpaired) electrons. The summed E-state index contributed by atoms with van der Waals surface area (Å²) in [6.45, 7) is 0.258. The first-order chi connectivity index (χ1) is 9.79. The molecule has 1 aromatic carbocycles. The van der Waals surface area contributed by atoms with E-state index < -0.39 is 10.0 Å². The lowest BCUT2D eigenvalue weighted by atomic mass is 10.3. The van der Waals surface area contributed by atoms with Crippen molar-refractivity contribution in [2.24, 2.45) is 0 Å². The van der Waals surface area contributed by atoms with Crippen LogP contribution in [-0.4, -0.2) is 15.0 Å².